The summed E-state index contributed by atoms with van der Waals surface area (Å²) < 4.78 is 0. The third kappa shape index (κ3) is 3.02. The van der Waals surface area contributed by atoms with E-state index in [-0.39, 0.29) is 0 Å². The molecule has 22 heavy (non-hydrogen) atoms. The molecule has 0 bridgehead atoms. The highest BCUT2D eigenvalue weighted by Gasteiger charge is 2.17. The van der Waals surface area contributed by atoms with Crippen molar-refractivity contribution in [3.8, 4) is 0 Å². The molecular weight excluding hydrogens is 264 g/mol. The average molecular weight is 290 g/mol. The summed E-state index contributed by atoms with van der Waals surface area (Å²) >= 11 is 0. The quantitative estimate of drug-likeness (QED) is 0.648. The Morgan fingerprint density at radius 2 is 1.59 bits per heavy atom. The maximum absolute atomic E-state index is 2.39. The first-order valence-corrected chi connectivity index (χ1v) is 8.44. The van der Waals surface area contributed by atoms with Gasteiger partial charge in [0.2, 0.25) is 0 Å². The van der Waals surface area contributed by atoms with Gasteiger partial charge in [-0.05, 0) is 52.5 Å². The standard InChI is InChI=1S/C22H26/c1-15(2)18-10-8-17(9-11-18)12-19-6-5-7-20-13-21(16(3)4)14-22(19)20/h5-11,13,15-16H,12,14H2,1-4H3. The Balaban J connectivity index is 1.83. The van der Waals surface area contributed by atoms with Gasteiger partial charge < -0.3 is 0 Å². The molecule has 0 atom stereocenters. The molecule has 0 saturated carbocycles. The minimum absolute atomic E-state index is 0.604. The highest BCUT2D eigenvalue weighted by atomic mass is 14.2. The second-order valence-corrected chi connectivity index (χ2v) is 7.11. The van der Waals surface area contributed by atoms with Crippen molar-refractivity contribution in [2.24, 2.45) is 5.92 Å². The van der Waals surface area contributed by atoms with Crippen LogP contribution in [0.4, 0.5) is 0 Å². The molecule has 0 fully saturated rings. The molecule has 2 aromatic carbocycles. The Morgan fingerprint density at radius 1 is 0.864 bits per heavy atom. The lowest BCUT2D eigenvalue weighted by atomic mass is 9.93. The van der Waals surface area contributed by atoms with Gasteiger partial charge in [0.1, 0.15) is 0 Å². The molecule has 2 aromatic rings. The molecule has 0 saturated heterocycles. The normalized spacial score (nSPS) is 13.6. The lowest BCUT2D eigenvalue weighted by molar-refractivity contribution is 0.753. The van der Waals surface area contributed by atoms with Crippen LogP contribution in [0, 0.1) is 5.92 Å². The van der Waals surface area contributed by atoms with Gasteiger partial charge in [0.15, 0.2) is 0 Å². The summed E-state index contributed by atoms with van der Waals surface area (Å²) in [4.78, 5) is 0. The Morgan fingerprint density at radius 3 is 2.23 bits per heavy atom. The fraction of sp³-hybridized carbons (Fsp3) is 0.364. The predicted molar refractivity (Wildman–Crippen MR) is 96.3 cm³/mol. The molecule has 3 rings (SSSR count). The van der Waals surface area contributed by atoms with Gasteiger partial charge >= 0.3 is 0 Å². The Labute approximate surface area is 134 Å². The zero-order chi connectivity index (χ0) is 15.7. The minimum atomic E-state index is 0.604. The van der Waals surface area contributed by atoms with E-state index in [0.29, 0.717) is 11.8 Å². The second-order valence-electron chi connectivity index (χ2n) is 7.11. The molecule has 0 radical (unpaired) electrons. The van der Waals surface area contributed by atoms with Crippen molar-refractivity contribution in [3.63, 3.8) is 0 Å². The number of hydrogen-bond acceptors (Lipinski definition) is 0. The summed E-state index contributed by atoms with van der Waals surface area (Å²) in [5.74, 6) is 1.25. The largest absolute Gasteiger partial charge is 0.0626 e. The third-order valence-corrected chi connectivity index (χ3v) is 4.81. The fourth-order valence-electron chi connectivity index (χ4n) is 3.24. The van der Waals surface area contributed by atoms with Gasteiger partial charge in [0.05, 0.1) is 0 Å². The molecule has 0 N–H and O–H groups in total. The lowest BCUT2D eigenvalue weighted by Crippen LogP contribution is -1.99. The van der Waals surface area contributed by atoms with E-state index in [1.54, 1.807) is 11.1 Å². The van der Waals surface area contributed by atoms with Gasteiger partial charge in [-0.15, -0.1) is 0 Å². The number of fused-ring (bicyclic) bond motifs is 1. The summed E-state index contributed by atoms with van der Waals surface area (Å²) in [6.45, 7) is 9.08. The molecule has 0 aliphatic heterocycles. The van der Waals surface area contributed by atoms with Crippen molar-refractivity contribution in [1.82, 2.24) is 0 Å². The number of allylic oxidation sites excluding steroid dienone is 1. The molecule has 0 amide bonds. The van der Waals surface area contributed by atoms with E-state index in [1.807, 2.05) is 0 Å². The van der Waals surface area contributed by atoms with E-state index in [0.717, 1.165) is 12.8 Å². The summed E-state index contributed by atoms with van der Waals surface area (Å²) in [6, 6.07) is 15.9. The van der Waals surface area contributed by atoms with Gasteiger partial charge in [0, 0.05) is 0 Å². The van der Waals surface area contributed by atoms with Gasteiger partial charge in [-0.25, -0.2) is 0 Å². The molecule has 0 spiro atoms. The maximum atomic E-state index is 2.39. The van der Waals surface area contributed by atoms with Gasteiger partial charge in [-0.2, -0.15) is 0 Å². The van der Waals surface area contributed by atoms with Crippen LogP contribution in [-0.4, -0.2) is 0 Å². The van der Waals surface area contributed by atoms with Gasteiger partial charge in [0.25, 0.3) is 0 Å². The van der Waals surface area contributed by atoms with E-state index >= 15 is 0 Å². The van der Waals surface area contributed by atoms with Crippen LogP contribution in [0.3, 0.4) is 0 Å². The SMILES string of the molecule is CC(C)C1=Cc2cccc(Cc3ccc(C(C)C)cc3)c2C1. The summed E-state index contributed by atoms with van der Waals surface area (Å²) in [7, 11) is 0. The lowest BCUT2D eigenvalue weighted by Gasteiger charge is -2.11. The van der Waals surface area contributed by atoms with Gasteiger partial charge in [-0.1, -0.05) is 81.8 Å². The zero-order valence-electron chi connectivity index (χ0n) is 14.2. The zero-order valence-corrected chi connectivity index (χ0v) is 14.2. The Hall–Kier alpha value is -1.82. The monoisotopic (exact) mass is 290 g/mol. The first-order valence-electron chi connectivity index (χ1n) is 8.44. The van der Waals surface area contributed by atoms with E-state index in [9.17, 15) is 0 Å². The van der Waals surface area contributed by atoms with Crippen molar-refractivity contribution < 1.29 is 0 Å². The highest BCUT2D eigenvalue weighted by molar-refractivity contribution is 5.66. The molecule has 0 unspecified atom stereocenters. The summed E-state index contributed by atoms with van der Waals surface area (Å²) in [6.07, 6.45) is 4.57. The highest BCUT2D eigenvalue weighted by Crippen LogP contribution is 2.32. The number of hydrogen-bond donors (Lipinski definition) is 0. The van der Waals surface area contributed by atoms with Crippen molar-refractivity contribution >= 4 is 6.08 Å². The molecule has 0 heteroatoms. The number of rotatable bonds is 4. The summed E-state index contributed by atoms with van der Waals surface area (Å²) in [5, 5.41) is 0. The molecule has 0 nitrogen and oxygen atoms in total. The molecule has 0 aromatic heterocycles. The van der Waals surface area contributed by atoms with Crippen molar-refractivity contribution in [2.75, 3.05) is 0 Å². The Bertz CT molecular complexity index is 684. The molecular formula is C22H26. The average Bonchev–Trinajstić information content (AvgIpc) is 2.93. The van der Waals surface area contributed by atoms with E-state index in [4.69, 9.17) is 0 Å². The third-order valence-electron chi connectivity index (χ3n) is 4.81. The number of benzene rings is 2. The fourth-order valence-corrected chi connectivity index (χ4v) is 3.24. The maximum Gasteiger partial charge on any atom is -0.00227 e. The van der Waals surface area contributed by atoms with Crippen LogP contribution in [0.15, 0.2) is 48.0 Å². The van der Waals surface area contributed by atoms with Crippen LogP contribution in [0.5, 0.6) is 0 Å². The van der Waals surface area contributed by atoms with Crippen molar-refractivity contribution in [2.45, 2.75) is 46.5 Å². The van der Waals surface area contributed by atoms with Crippen LogP contribution in [0.2, 0.25) is 0 Å². The summed E-state index contributed by atoms with van der Waals surface area (Å²) in [5.41, 5.74) is 8.86. The Kier molecular flexibility index (Phi) is 4.20. The van der Waals surface area contributed by atoms with Crippen LogP contribution >= 0.6 is 0 Å². The van der Waals surface area contributed by atoms with Crippen LogP contribution in [-0.2, 0) is 12.8 Å². The van der Waals surface area contributed by atoms with Crippen LogP contribution < -0.4 is 0 Å². The molecule has 0 heterocycles. The van der Waals surface area contributed by atoms with E-state index in [2.05, 4.69) is 76.2 Å². The molecule has 1 aliphatic rings. The van der Waals surface area contributed by atoms with Gasteiger partial charge in [-0.3, -0.25) is 0 Å². The first-order chi connectivity index (χ1) is 10.5. The molecule has 114 valence electrons. The first kappa shape index (κ1) is 15.1. The van der Waals surface area contributed by atoms with Crippen LogP contribution in [0.25, 0.3) is 6.08 Å². The van der Waals surface area contributed by atoms with E-state index < -0.39 is 0 Å². The second kappa shape index (κ2) is 6.12. The minimum Gasteiger partial charge on any atom is -0.0626 e. The van der Waals surface area contributed by atoms with Crippen LogP contribution in [0.1, 0.15) is 61.4 Å². The smallest absolute Gasteiger partial charge is 0.00227 e. The predicted octanol–water partition coefficient (Wildman–Crippen LogP) is 6.00. The molecule has 1 aliphatic carbocycles. The van der Waals surface area contributed by atoms with Crippen molar-refractivity contribution in [1.29, 1.82) is 0 Å². The van der Waals surface area contributed by atoms with Crippen molar-refractivity contribution in [3.05, 3.63) is 75.9 Å². The van der Waals surface area contributed by atoms with E-state index in [1.165, 1.54) is 22.3 Å². The topological polar surface area (TPSA) is 0 Å².